The van der Waals surface area contributed by atoms with Gasteiger partial charge in [-0.1, -0.05) is 52.1 Å². The van der Waals surface area contributed by atoms with Crippen molar-refractivity contribution >= 4 is 31.9 Å². The smallest absolute Gasteiger partial charge is 0.123 e. The van der Waals surface area contributed by atoms with Crippen molar-refractivity contribution in [1.82, 2.24) is 0 Å². The molecule has 1 aromatic rings. The molecule has 0 fully saturated rings. The molecule has 1 aromatic carbocycles. The van der Waals surface area contributed by atoms with Gasteiger partial charge in [0.1, 0.15) is 5.75 Å². The van der Waals surface area contributed by atoms with Crippen LogP contribution in [0.1, 0.15) is 42.6 Å². The van der Waals surface area contributed by atoms with Crippen LogP contribution in [-0.4, -0.2) is 7.11 Å². The quantitative estimate of drug-likeness (QED) is 0.615. The molecule has 1 nitrogen and oxygen atoms in total. The fraction of sp³-hybridized carbons (Fsp3) is 0.571. The summed E-state index contributed by atoms with van der Waals surface area (Å²) in [6.45, 7) is 6.59. The molecule has 0 aliphatic heterocycles. The number of halogens is 2. The summed E-state index contributed by atoms with van der Waals surface area (Å²) in [6.07, 6.45) is 2.33. The summed E-state index contributed by atoms with van der Waals surface area (Å²) < 4.78 is 6.61. The molecule has 0 aromatic heterocycles. The first-order chi connectivity index (χ1) is 7.99. The molecular weight excluding hydrogens is 344 g/mol. The maximum Gasteiger partial charge on any atom is 0.123 e. The molecule has 0 bridgehead atoms. The van der Waals surface area contributed by atoms with Gasteiger partial charge in [0.15, 0.2) is 0 Å². The molecule has 0 saturated carbocycles. The van der Waals surface area contributed by atoms with Gasteiger partial charge in [0.05, 0.1) is 7.11 Å². The van der Waals surface area contributed by atoms with E-state index in [1.54, 1.807) is 7.11 Å². The van der Waals surface area contributed by atoms with E-state index in [1.807, 2.05) is 0 Å². The number of hydrogen-bond donors (Lipinski definition) is 0. The van der Waals surface area contributed by atoms with E-state index in [-0.39, 0.29) is 0 Å². The second kappa shape index (κ2) is 6.79. The Morgan fingerprint density at radius 3 is 2.53 bits per heavy atom. The Morgan fingerprint density at radius 1 is 1.35 bits per heavy atom. The van der Waals surface area contributed by atoms with Gasteiger partial charge >= 0.3 is 0 Å². The fourth-order valence-corrected chi connectivity index (χ4v) is 3.10. The van der Waals surface area contributed by atoms with E-state index in [2.05, 4.69) is 64.8 Å². The Bertz CT molecular complexity index is 377. The molecule has 0 aliphatic rings. The van der Waals surface area contributed by atoms with Crippen LogP contribution in [0.25, 0.3) is 0 Å². The summed E-state index contributed by atoms with van der Waals surface area (Å²) >= 11 is 7.36. The molecule has 0 saturated heterocycles. The number of methoxy groups -OCH3 is 1. The molecule has 17 heavy (non-hydrogen) atoms. The maximum absolute atomic E-state index is 5.47. The summed E-state index contributed by atoms with van der Waals surface area (Å²) in [5, 5.41) is 0. The minimum Gasteiger partial charge on any atom is -0.496 e. The third-order valence-corrected chi connectivity index (χ3v) is 4.88. The Morgan fingerprint density at radius 2 is 2.00 bits per heavy atom. The molecule has 0 spiro atoms. The van der Waals surface area contributed by atoms with Crippen LogP contribution in [0.3, 0.4) is 0 Å². The van der Waals surface area contributed by atoms with Gasteiger partial charge in [-0.15, -0.1) is 0 Å². The first-order valence-electron chi connectivity index (χ1n) is 5.97. The van der Waals surface area contributed by atoms with Gasteiger partial charge in [-0.2, -0.15) is 0 Å². The zero-order valence-electron chi connectivity index (χ0n) is 10.9. The lowest BCUT2D eigenvalue weighted by Gasteiger charge is -2.18. The minimum absolute atomic E-state index is 0.351. The molecule has 2 unspecified atom stereocenters. The molecule has 2 atom stereocenters. The third kappa shape index (κ3) is 3.99. The van der Waals surface area contributed by atoms with E-state index in [0.29, 0.717) is 10.7 Å². The van der Waals surface area contributed by atoms with Gasteiger partial charge in [-0.25, -0.2) is 0 Å². The average Bonchev–Trinajstić information content (AvgIpc) is 2.31. The molecule has 0 aliphatic carbocycles. The Balaban J connectivity index is 2.99. The molecule has 3 heteroatoms. The molecule has 1 rings (SSSR count). The lowest BCUT2D eigenvalue weighted by Crippen LogP contribution is -2.01. The summed E-state index contributed by atoms with van der Waals surface area (Å²) in [6, 6.07) is 4.25. The van der Waals surface area contributed by atoms with E-state index >= 15 is 0 Å². The monoisotopic (exact) mass is 362 g/mol. The molecule has 0 amide bonds. The fourth-order valence-electron chi connectivity index (χ4n) is 1.74. The Kier molecular flexibility index (Phi) is 6.01. The topological polar surface area (TPSA) is 9.23 Å². The van der Waals surface area contributed by atoms with Crippen molar-refractivity contribution in [2.45, 2.75) is 38.4 Å². The number of rotatable bonds is 5. The SMILES string of the molecule is CCC(C)CC(Br)c1cc(Br)c(C)cc1OC. The summed E-state index contributed by atoms with van der Waals surface area (Å²) in [5.74, 6) is 1.68. The lowest BCUT2D eigenvalue weighted by molar-refractivity contribution is 0.405. The normalized spacial score (nSPS) is 14.5. The zero-order valence-corrected chi connectivity index (χ0v) is 14.1. The van der Waals surface area contributed by atoms with Crippen LogP contribution < -0.4 is 4.74 Å². The molecular formula is C14H20Br2O. The van der Waals surface area contributed by atoms with Crippen LogP contribution in [0.2, 0.25) is 0 Å². The second-order valence-corrected chi connectivity index (χ2v) is 6.52. The van der Waals surface area contributed by atoms with Crippen molar-refractivity contribution in [3.05, 3.63) is 27.7 Å². The highest BCUT2D eigenvalue weighted by Gasteiger charge is 2.17. The minimum atomic E-state index is 0.351. The van der Waals surface area contributed by atoms with Crippen LogP contribution in [0.4, 0.5) is 0 Å². The van der Waals surface area contributed by atoms with Crippen molar-refractivity contribution < 1.29 is 4.74 Å². The van der Waals surface area contributed by atoms with Crippen LogP contribution in [-0.2, 0) is 0 Å². The predicted octanol–water partition coefficient (Wildman–Crippen LogP) is 5.64. The maximum atomic E-state index is 5.47. The van der Waals surface area contributed by atoms with Crippen LogP contribution >= 0.6 is 31.9 Å². The lowest BCUT2D eigenvalue weighted by atomic mass is 9.98. The van der Waals surface area contributed by atoms with Gasteiger partial charge in [-0.05, 0) is 37.0 Å². The van der Waals surface area contributed by atoms with E-state index in [1.165, 1.54) is 17.5 Å². The van der Waals surface area contributed by atoms with Crippen LogP contribution in [0.15, 0.2) is 16.6 Å². The average molecular weight is 364 g/mol. The Labute approximate surface area is 121 Å². The second-order valence-electron chi connectivity index (χ2n) is 4.56. The van der Waals surface area contributed by atoms with Crippen LogP contribution in [0.5, 0.6) is 5.75 Å². The zero-order chi connectivity index (χ0) is 13.0. The van der Waals surface area contributed by atoms with E-state index < -0.39 is 0 Å². The van der Waals surface area contributed by atoms with Gasteiger partial charge < -0.3 is 4.74 Å². The van der Waals surface area contributed by atoms with Crippen molar-refractivity contribution in [2.75, 3.05) is 7.11 Å². The highest BCUT2D eigenvalue weighted by molar-refractivity contribution is 9.10. The number of aryl methyl sites for hydroxylation is 1. The van der Waals surface area contributed by atoms with Gasteiger partial charge in [0, 0.05) is 14.9 Å². The third-order valence-electron chi connectivity index (χ3n) is 3.15. The van der Waals surface area contributed by atoms with Crippen molar-refractivity contribution in [1.29, 1.82) is 0 Å². The largest absolute Gasteiger partial charge is 0.496 e. The highest BCUT2D eigenvalue weighted by atomic mass is 79.9. The van der Waals surface area contributed by atoms with Gasteiger partial charge in [0.25, 0.3) is 0 Å². The van der Waals surface area contributed by atoms with Crippen molar-refractivity contribution in [3.63, 3.8) is 0 Å². The molecule has 0 radical (unpaired) electrons. The number of alkyl halides is 1. The summed E-state index contributed by atoms with van der Waals surface area (Å²) in [5.41, 5.74) is 2.43. The van der Waals surface area contributed by atoms with Gasteiger partial charge in [0.2, 0.25) is 0 Å². The first kappa shape index (κ1) is 15.0. The molecule has 96 valence electrons. The first-order valence-corrected chi connectivity index (χ1v) is 7.68. The number of ether oxygens (including phenoxy) is 1. The van der Waals surface area contributed by atoms with E-state index in [0.717, 1.165) is 16.6 Å². The summed E-state index contributed by atoms with van der Waals surface area (Å²) in [4.78, 5) is 0.351. The standard InChI is InChI=1S/C14H20Br2O/c1-5-9(2)6-13(16)11-8-12(15)10(3)7-14(11)17-4/h7-9,13H,5-6H2,1-4H3. The van der Waals surface area contributed by atoms with Crippen LogP contribution in [0, 0.1) is 12.8 Å². The number of benzene rings is 1. The predicted molar refractivity (Wildman–Crippen MR) is 81.2 cm³/mol. The van der Waals surface area contributed by atoms with Crippen molar-refractivity contribution in [3.8, 4) is 5.75 Å². The Hall–Kier alpha value is -0.0200. The van der Waals surface area contributed by atoms with Crippen molar-refractivity contribution in [2.24, 2.45) is 5.92 Å². The molecule has 0 N–H and O–H groups in total. The van der Waals surface area contributed by atoms with E-state index in [4.69, 9.17) is 4.74 Å². The molecule has 0 heterocycles. The highest BCUT2D eigenvalue weighted by Crippen LogP contribution is 2.39. The van der Waals surface area contributed by atoms with E-state index in [9.17, 15) is 0 Å². The van der Waals surface area contributed by atoms with Gasteiger partial charge in [-0.3, -0.25) is 0 Å². The number of hydrogen-bond acceptors (Lipinski definition) is 1. The summed E-state index contributed by atoms with van der Waals surface area (Å²) in [7, 11) is 1.73.